The molecule has 0 radical (unpaired) electrons. The van der Waals surface area contributed by atoms with E-state index in [1.807, 2.05) is 0 Å². The third kappa shape index (κ3) is 4.50. The minimum absolute atomic E-state index is 0.0374. The third-order valence-corrected chi connectivity index (χ3v) is 6.22. The molecule has 194 valence electrons. The van der Waals surface area contributed by atoms with Crippen LogP contribution in [-0.2, 0) is 23.9 Å². The molecule has 10 nitrogen and oxygen atoms in total. The van der Waals surface area contributed by atoms with Crippen LogP contribution in [0.5, 0.6) is 11.6 Å². The number of aryl methyl sites for hydroxylation is 1. The molecule has 2 aliphatic heterocycles. The number of aliphatic hydroxyl groups excluding tert-OH is 1. The van der Waals surface area contributed by atoms with E-state index in [9.17, 15) is 23.1 Å². The number of pyridine rings is 2. The van der Waals surface area contributed by atoms with E-state index in [0.717, 1.165) is 23.2 Å². The molecule has 2 aliphatic rings. The van der Waals surface area contributed by atoms with Gasteiger partial charge in [0.1, 0.15) is 22.7 Å². The largest absolute Gasteiger partial charge is 0.437 e. The maximum Gasteiger partial charge on any atom is 0.433 e. The lowest BCUT2D eigenvalue weighted by Gasteiger charge is -2.47. The van der Waals surface area contributed by atoms with Crippen molar-refractivity contribution < 1.29 is 31.9 Å². The van der Waals surface area contributed by atoms with Crippen LogP contribution < -0.4 is 19.9 Å². The second kappa shape index (κ2) is 9.14. The van der Waals surface area contributed by atoms with Crippen LogP contribution in [0.3, 0.4) is 0 Å². The van der Waals surface area contributed by atoms with Crippen LogP contribution in [0.2, 0.25) is 0 Å². The summed E-state index contributed by atoms with van der Waals surface area (Å²) in [6, 6.07) is 5.16. The molecule has 0 aromatic carbocycles. The lowest BCUT2D eigenvalue weighted by atomic mass is 9.93. The molecular weight excluding hydrogens is 491 g/mol. The Kier molecular flexibility index (Phi) is 5.22. The van der Waals surface area contributed by atoms with Crippen LogP contribution in [0.1, 0.15) is 34.4 Å². The summed E-state index contributed by atoms with van der Waals surface area (Å²) in [5, 5.41) is 13.1. The topological polar surface area (TPSA) is 117 Å². The number of hydrogen-bond acceptors (Lipinski definition) is 9. The van der Waals surface area contributed by atoms with E-state index in [1.165, 1.54) is 24.1 Å². The SMILES string of the molecule is [2H]C([2H])([2H])N1c2nc(NCc3ccc(Oc4ccc(C(F)(F)F)nc4)nc3)nc3c2N(CCC3)C(=O)[C@]1(C)CO. The molecule has 0 saturated heterocycles. The highest BCUT2D eigenvalue weighted by Gasteiger charge is 2.48. The van der Waals surface area contributed by atoms with E-state index in [0.29, 0.717) is 36.3 Å². The number of hydrogen-bond donors (Lipinski definition) is 2. The summed E-state index contributed by atoms with van der Waals surface area (Å²) in [4.78, 5) is 32.1. The summed E-state index contributed by atoms with van der Waals surface area (Å²) in [5.41, 5.74) is -1.23. The summed E-state index contributed by atoms with van der Waals surface area (Å²) < 4.78 is 67.8. The van der Waals surface area contributed by atoms with Crippen molar-refractivity contribution in [2.45, 2.75) is 38.0 Å². The molecule has 13 heteroatoms. The van der Waals surface area contributed by atoms with Crippen LogP contribution in [0.15, 0.2) is 36.7 Å². The highest BCUT2D eigenvalue weighted by Crippen LogP contribution is 2.43. The predicted molar refractivity (Wildman–Crippen MR) is 127 cm³/mol. The van der Waals surface area contributed by atoms with Gasteiger partial charge in [-0.15, -0.1) is 0 Å². The van der Waals surface area contributed by atoms with Crippen molar-refractivity contribution >= 4 is 23.4 Å². The highest BCUT2D eigenvalue weighted by atomic mass is 19.4. The van der Waals surface area contributed by atoms with E-state index in [-0.39, 0.29) is 29.9 Å². The molecule has 5 rings (SSSR count). The molecule has 37 heavy (non-hydrogen) atoms. The predicted octanol–water partition coefficient (Wildman–Crippen LogP) is 3.17. The quantitative estimate of drug-likeness (QED) is 0.508. The number of halogens is 3. The first-order valence-corrected chi connectivity index (χ1v) is 11.4. The molecule has 0 bridgehead atoms. The number of rotatable bonds is 6. The summed E-state index contributed by atoms with van der Waals surface area (Å²) >= 11 is 0. The Hall–Kier alpha value is -4.00. The molecule has 0 saturated carbocycles. The lowest BCUT2D eigenvalue weighted by molar-refractivity contribution is -0.141. The van der Waals surface area contributed by atoms with Gasteiger partial charge >= 0.3 is 6.18 Å². The Bertz CT molecular complexity index is 1420. The van der Waals surface area contributed by atoms with Crippen LogP contribution in [-0.4, -0.2) is 56.6 Å². The Labute approximate surface area is 214 Å². The summed E-state index contributed by atoms with van der Waals surface area (Å²) in [6.45, 7) is -1.55. The Morgan fingerprint density at radius 1 is 1.22 bits per heavy atom. The number of nitrogens with one attached hydrogen (secondary N) is 1. The van der Waals surface area contributed by atoms with Crippen molar-refractivity contribution in [2.75, 3.05) is 35.2 Å². The molecule has 3 aromatic heterocycles. The van der Waals surface area contributed by atoms with E-state index >= 15 is 0 Å². The van der Waals surface area contributed by atoms with Gasteiger partial charge in [-0.1, -0.05) is 6.07 Å². The number of carbonyl (C=O) groups excluding carboxylic acids is 1. The molecule has 3 aromatic rings. The van der Waals surface area contributed by atoms with Gasteiger partial charge in [-0.25, -0.2) is 15.0 Å². The molecule has 2 N–H and O–H groups in total. The molecular formula is C24H24F3N7O3. The number of anilines is 3. The average molecular weight is 519 g/mol. The zero-order chi connectivity index (χ0) is 28.9. The van der Waals surface area contributed by atoms with Crippen molar-refractivity contribution in [3.8, 4) is 11.6 Å². The second-order valence-corrected chi connectivity index (χ2v) is 8.83. The first-order chi connectivity index (χ1) is 18.8. The fourth-order valence-electron chi connectivity index (χ4n) is 4.14. The van der Waals surface area contributed by atoms with Gasteiger partial charge in [-0.2, -0.15) is 18.2 Å². The number of ether oxygens (including phenoxy) is 1. The Balaban J connectivity index is 1.35. The molecule has 1 amide bonds. The third-order valence-electron chi connectivity index (χ3n) is 6.22. The normalized spacial score (nSPS) is 20.6. The van der Waals surface area contributed by atoms with Crippen molar-refractivity contribution in [3.05, 3.63) is 53.6 Å². The van der Waals surface area contributed by atoms with Crippen LogP contribution in [0.25, 0.3) is 0 Å². The minimum Gasteiger partial charge on any atom is -0.437 e. The van der Waals surface area contributed by atoms with E-state index < -0.39 is 36.9 Å². The van der Waals surface area contributed by atoms with Gasteiger partial charge < -0.3 is 25.0 Å². The molecule has 0 aliphatic carbocycles. The van der Waals surface area contributed by atoms with Crippen molar-refractivity contribution in [1.29, 1.82) is 0 Å². The fourth-order valence-corrected chi connectivity index (χ4v) is 4.14. The van der Waals surface area contributed by atoms with Gasteiger partial charge in [0.15, 0.2) is 5.82 Å². The van der Waals surface area contributed by atoms with Gasteiger partial charge in [-0.3, -0.25) is 4.79 Å². The second-order valence-electron chi connectivity index (χ2n) is 8.83. The van der Waals surface area contributed by atoms with Gasteiger partial charge in [0, 0.05) is 36.4 Å². The van der Waals surface area contributed by atoms with E-state index in [1.54, 1.807) is 6.07 Å². The summed E-state index contributed by atoms with van der Waals surface area (Å²) in [6.07, 6.45) is -0.978. The molecule has 0 unspecified atom stereocenters. The van der Waals surface area contributed by atoms with Crippen LogP contribution >= 0.6 is 0 Å². The van der Waals surface area contributed by atoms with Crippen molar-refractivity contribution in [2.24, 2.45) is 0 Å². The number of aliphatic hydroxyl groups is 1. The fraction of sp³-hybridized carbons (Fsp3) is 0.375. The highest BCUT2D eigenvalue weighted by molar-refractivity contribution is 6.08. The Morgan fingerprint density at radius 2 is 2.05 bits per heavy atom. The summed E-state index contributed by atoms with van der Waals surface area (Å²) in [5.74, 6) is -0.125. The number of carbonyl (C=O) groups is 1. The molecule has 0 spiro atoms. The van der Waals surface area contributed by atoms with Crippen molar-refractivity contribution in [3.63, 3.8) is 0 Å². The smallest absolute Gasteiger partial charge is 0.433 e. The van der Waals surface area contributed by atoms with Crippen molar-refractivity contribution in [1.82, 2.24) is 19.9 Å². The number of nitrogens with zero attached hydrogens (tertiary/aromatic N) is 6. The maximum atomic E-state index is 13.2. The first-order valence-electron chi connectivity index (χ1n) is 12.9. The number of likely N-dealkylation sites (N-methyl/N-ethyl adjacent to an activating group) is 1. The van der Waals surface area contributed by atoms with E-state index in [4.69, 9.17) is 8.85 Å². The van der Waals surface area contributed by atoms with Crippen LogP contribution in [0.4, 0.5) is 30.6 Å². The molecule has 5 heterocycles. The zero-order valence-corrected chi connectivity index (χ0v) is 19.6. The van der Waals surface area contributed by atoms with Crippen LogP contribution in [0, 0.1) is 0 Å². The molecule has 0 fully saturated rings. The van der Waals surface area contributed by atoms with E-state index in [2.05, 4.69) is 25.3 Å². The van der Waals surface area contributed by atoms with Gasteiger partial charge in [0.25, 0.3) is 5.91 Å². The first kappa shape index (κ1) is 21.1. The monoisotopic (exact) mass is 518 g/mol. The van der Waals surface area contributed by atoms with Gasteiger partial charge in [0.2, 0.25) is 11.8 Å². The summed E-state index contributed by atoms with van der Waals surface area (Å²) in [7, 11) is 0. The zero-order valence-electron chi connectivity index (χ0n) is 22.6. The standard InChI is InChI=1S/C24H24F3N7O3/c1-23(13-35)21(36)34-9-3-4-16-19(34)20(33(23)2)32-22(31-16)30-11-14-5-8-18(29-10-14)37-15-6-7-17(28-12-15)24(25,26)27/h5-8,10,12,35H,3-4,9,11,13H2,1-2H3,(H,30,31,32)/t23-/m0/s1/i2D3. The van der Waals surface area contributed by atoms with Gasteiger partial charge in [-0.05, 0) is 37.5 Å². The number of aromatic nitrogens is 4. The molecule has 1 atom stereocenters. The minimum atomic E-state index is -4.55. The lowest BCUT2D eigenvalue weighted by Crippen LogP contribution is -2.64. The number of alkyl halides is 3. The average Bonchev–Trinajstić information content (AvgIpc) is 2.90. The Morgan fingerprint density at radius 3 is 2.70 bits per heavy atom. The maximum absolute atomic E-state index is 13.2. The van der Waals surface area contributed by atoms with Gasteiger partial charge in [0.05, 0.1) is 18.5 Å². The number of amides is 1.